The first-order valence-electron chi connectivity index (χ1n) is 9.71. The van der Waals surface area contributed by atoms with Gasteiger partial charge in [-0.2, -0.15) is 0 Å². The molecule has 0 aliphatic rings. The summed E-state index contributed by atoms with van der Waals surface area (Å²) < 4.78 is 7.94. The normalized spacial score (nSPS) is 10.9. The van der Waals surface area contributed by atoms with Gasteiger partial charge in [-0.05, 0) is 62.4 Å². The number of thioether (sulfide) groups is 1. The predicted molar refractivity (Wildman–Crippen MR) is 124 cm³/mol. The third-order valence-corrected chi connectivity index (χ3v) is 5.78. The molecule has 0 aliphatic carbocycles. The summed E-state index contributed by atoms with van der Waals surface area (Å²) in [5.74, 6) is 2.43. The molecule has 4 nitrogen and oxygen atoms in total. The average Bonchev–Trinajstić information content (AvgIpc) is 3.17. The highest BCUT2D eigenvalue weighted by Gasteiger charge is 2.16. The van der Waals surface area contributed by atoms with Gasteiger partial charge in [-0.3, -0.25) is 4.57 Å². The van der Waals surface area contributed by atoms with E-state index in [1.165, 1.54) is 11.1 Å². The lowest BCUT2D eigenvalue weighted by atomic mass is 10.2. The van der Waals surface area contributed by atoms with Gasteiger partial charge in [-0.15, -0.1) is 10.2 Å². The largest absolute Gasteiger partial charge is 0.493 e. The molecule has 6 heteroatoms. The van der Waals surface area contributed by atoms with Gasteiger partial charge in [0.1, 0.15) is 5.75 Å². The fourth-order valence-corrected chi connectivity index (χ4v) is 3.90. The minimum Gasteiger partial charge on any atom is -0.493 e. The molecule has 0 saturated heterocycles. The maximum atomic E-state index is 6.06. The van der Waals surface area contributed by atoms with Crippen molar-refractivity contribution in [3.05, 3.63) is 88.9 Å². The number of hydrogen-bond donors (Lipinski definition) is 0. The molecule has 0 atom stereocenters. The summed E-state index contributed by atoms with van der Waals surface area (Å²) >= 11 is 7.69. The molecule has 152 valence electrons. The molecule has 0 radical (unpaired) electrons. The zero-order valence-corrected chi connectivity index (χ0v) is 18.5. The number of aromatic nitrogens is 3. The number of benzene rings is 3. The minimum absolute atomic E-state index is 0.588. The Morgan fingerprint density at radius 2 is 1.47 bits per heavy atom. The van der Waals surface area contributed by atoms with Gasteiger partial charge < -0.3 is 4.74 Å². The smallest absolute Gasteiger partial charge is 0.196 e. The Morgan fingerprint density at radius 1 is 0.833 bits per heavy atom. The quantitative estimate of drug-likeness (QED) is 0.249. The molecule has 0 unspecified atom stereocenters. The molecule has 0 N–H and O–H groups in total. The van der Waals surface area contributed by atoms with Gasteiger partial charge in [0.25, 0.3) is 0 Å². The summed E-state index contributed by atoms with van der Waals surface area (Å²) in [6, 6.07) is 24.1. The van der Waals surface area contributed by atoms with E-state index in [-0.39, 0.29) is 0 Å². The number of nitrogens with zero attached hydrogens (tertiary/aromatic N) is 3. The molecule has 1 aromatic heterocycles. The lowest BCUT2D eigenvalue weighted by molar-refractivity contribution is 0.344. The second-order valence-electron chi connectivity index (χ2n) is 6.99. The summed E-state index contributed by atoms with van der Waals surface area (Å²) in [6.07, 6.45) is 0. The Hall–Kier alpha value is -2.76. The lowest BCUT2D eigenvalue weighted by Crippen LogP contribution is -2.03. The van der Waals surface area contributed by atoms with Gasteiger partial charge >= 0.3 is 0 Å². The van der Waals surface area contributed by atoms with Crippen LogP contribution < -0.4 is 4.74 Å². The summed E-state index contributed by atoms with van der Waals surface area (Å²) in [5.41, 5.74) is 4.42. The topological polar surface area (TPSA) is 39.9 Å². The highest BCUT2D eigenvalue weighted by Crippen LogP contribution is 2.29. The molecule has 0 aliphatic heterocycles. The van der Waals surface area contributed by atoms with Crippen LogP contribution in [0.3, 0.4) is 0 Å². The summed E-state index contributed by atoms with van der Waals surface area (Å²) in [4.78, 5) is 0. The van der Waals surface area contributed by atoms with Crippen molar-refractivity contribution in [1.29, 1.82) is 0 Å². The third kappa shape index (κ3) is 4.86. The standard InChI is InChI=1S/C24H22ClN3OS/c1-17-3-11-21(12-4-17)28-23(19-7-9-20(25)10-8-19)26-27-24(28)30-16-15-29-22-13-5-18(2)6-14-22/h3-14H,15-16H2,1-2H3. The van der Waals surface area contributed by atoms with Crippen molar-refractivity contribution in [3.8, 4) is 22.8 Å². The van der Waals surface area contributed by atoms with Crippen molar-refractivity contribution in [2.24, 2.45) is 0 Å². The van der Waals surface area contributed by atoms with Crippen LogP contribution in [0.5, 0.6) is 5.75 Å². The van der Waals surface area contributed by atoms with Gasteiger partial charge in [-0.1, -0.05) is 58.8 Å². The molecular formula is C24H22ClN3OS. The third-order valence-electron chi connectivity index (χ3n) is 4.63. The first kappa shape index (κ1) is 20.5. The van der Waals surface area contributed by atoms with Crippen LogP contribution in [0.4, 0.5) is 0 Å². The van der Waals surface area contributed by atoms with Crippen LogP contribution in [0.1, 0.15) is 11.1 Å². The number of halogens is 1. The van der Waals surface area contributed by atoms with E-state index in [1.807, 2.05) is 36.4 Å². The van der Waals surface area contributed by atoms with E-state index in [0.29, 0.717) is 11.6 Å². The summed E-state index contributed by atoms with van der Waals surface area (Å²) in [5, 5.41) is 10.5. The van der Waals surface area contributed by atoms with Crippen molar-refractivity contribution in [1.82, 2.24) is 14.8 Å². The van der Waals surface area contributed by atoms with Crippen LogP contribution in [0.2, 0.25) is 5.02 Å². The average molecular weight is 436 g/mol. The van der Waals surface area contributed by atoms with Gasteiger partial charge in [-0.25, -0.2) is 0 Å². The molecule has 1 heterocycles. The highest BCUT2D eigenvalue weighted by atomic mass is 35.5. The number of ether oxygens (including phenoxy) is 1. The minimum atomic E-state index is 0.588. The van der Waals surface area contributed by atoms with Gasteiger partial charge in [0.05, 0.1) is 6.61 Å². The van der Waals surface area contributed by atoms with Crippen LogP contribution in [0.15, 0.2) is 78.0 Å². The zero-order chi connectivity index (χ0) is 20.9. The molecule has 0 saturated carbocycles. The maximum absolute atomic E-state index is 6.06. The molecule has 4 rings (SSSR count). The number of rotatable bonds is 7. The molecule has 3 aromatic carbocycles. The second-order valence-corrected chi connectivity index (χ2v) is 8.49. The van der Waals surface area contributed by atoms with Gasteiger partial charge in [0.2, 0.25) is 0 Å². The molecule has 0 bridgehead atoms. The van der Waals surface area contributed by atoms with Gasteiger partial charge in [0, 0.05) is 22.0 Å². The van der Waals surface area contributed by atoms with E-state index in [9.17, 15) is 0 Å². The van der Waals surface area contributed by atoms with Crippen LogP contribution in [-0.4, -0.2) is 27.1 Å². The molecule has 0 amide bonds. The van der Waals surface area contributed by atoms with Crippen molar-refractivity contribution in [3.63, 3.8) is 0 Å². The Kier molecular flexibility index (Phi) is 6.41. The van der Waals surface area contributed by atoms with Crippen LogP contribution in [0, 0.1) is 13.8 Å². The Morgan fingerprint density at radius 3 is 2.13 bits per heavy atom. The van der Waals surface area contributed by atoms with Crippen LogP contribution in [0.25, 0.3) is 17.1 Å². The monoisotopic (exact) mass is 435 g/mol. The number of aryl methyl sites for hydroxylation is 2. The van der Waals surface area contributed by atoms with Crippen LogP contribution in [-0.2, 0) is 0 Å². The Bertz CT molecular complexity index is 1110. The molecule has 0 fully saturated rings. The molecular weight excluding hydrogens is 414 g/mol. The van der Waals surface area contributed by atoms with Crippen molar-refractivity contribution in [2.45, 2.75) is 19.0 Å². The predicted octanol–water partition coefficient (Wildman–Crippen LogP) is 6.38. The SMILES string of the molecule is Cc1ccc(OCCSc2nnc(-c3ccc(Cl)cc3)n2-c2ccc(C)cc2)cc1. The fraction of sp³-hybridized carbons (Fsp3) is 0.167. The second kappa shape index (κ2) is 9.37. The first-order chi connectivity index (χ1) is 14.6. The van der Waals surface area contributed by atoms with Crippen molar-refractivity contribution < 1.29 is 4.74 Å². The maximum Gasteiger partial charge on any atom is 0.196 e. The summed E-state index contributed by atoms with van der Waals surface area (Å²) in [7, 11) is 0. The van der Waals surface area contributed by atoms with E-state index >= 15 is 0 Å². The van der Waals surface area contributed by atoms with E-state index in [0.717, 1.165) is 33.7 Å². The number of hydrogen-bond acceptors (Lipinski definition) is 4. The molecule has 30 heavy (non-hydrogen) atoms. The van der Waals surface area contributed by atoms with Crippen molar-refractivity contribution >= 4 is 23.4 Å². The van der Waals surface area contributed by atoms with E-state index in [1.54, 1.807) is 11.8 Å². The van der Waals surface area contributed by atoms with E-state index in [2.05, 4.69) is 65.0 Å². The fourth-order valence-electron chi connectivity index (χ4n) is 3.00. The zero-order valence-electron chi connectivity index (χ0n) is 16.9. The highest BCUT2D eigenvalue weighted by molar-refractivity contribution is 7.99. The van der Waals surface area contributed by atoms with Crippen molar-refractivity contribution in [2.75, 3.05) is 12.4 Å². The summed E-state index contributed by atoms with van der Waals surface area (Å²) in [6.45, 7) is 4.73. The molecule has 0 spiro atoms. The first-order valence-corrected chi connectivity index (χ1v) is 11.1. The van der Waals surface area contributed by atoms with E-state index < -0.39 is 0 Å². The Balaban J connectivity index is 1.55. The molecule has 4 aromatic rings. The van der Waals surface area contributed by atoms with Crippen LogP contribution >= 0.6 is 23.4 Å². The van der Waals surface area contributed by atoms with Gasteiger partial charge in [0.15, 0.2) is 11.0 Å². The lowest BCUT2D eigenvalue weighted by Gasteiger charge is -2.11. The Labute approximate surface area is 185 Å². The van der Waals surface area contributed by atoms with E-state index in [4.69, 9.17) is 16.3 Å².